The molecule has 1 rings (SSSR count). The fourth-order valence-corrected chi connectivity index (χ4v) is 2.76. The Balaban J connectivity index is 3.47. The summed E-state index contributed by atoms with van der Waals surface area (Å²) < 4.78 is 0. The van der Waals surface area contributed by atoms with Gasteiger partial charge in [0.05, 0.1) is 0 Å². The molecule has 0 saturated heterocycles. The lowest BCUT2D eigenvalue weighted by atomic mass is 9.79. The smallest absolute Gasteiger partial charge is 0.331 e. The maximum Gasteiger partial charge on any atom is 0.331 e. The fourth-order valence-electron chi connectivity index (χ4n) is 2.76. The van der Waals surface area contributed by atoms with Gasteiger partial charge >= 0.3 is 11.9 Å². The minimum atomic E-state index is -2.31. The Hall–Kier alpha value is -2.66. The van der Waals surface area contributed by atoms with Gasteiger partial charge in [-0.1, -0.05) is 24.3 Å². The van der Waals surface area contributed by atoms with Crippen LogP contribution in [-0.4, -0.2) is 57.9 Å². The van der Waals surface area contributed by atoms with Crippen LogP contribution in [0.1, 0.15) is 46.4 Å². The van der Waals surface area contributed by atoms with Gasteiger partial charge in [0.15, 0.2) is 22.6 Å². The fraction of sp³-hybridized carbons (Fsp3) is 0.444. The van der Waals surface area contributed by atoms with E-state index in [0.717, 1.165) is 0 Å². The molecule has 1 aromatic carbocycles. The number of ketones is 2. The standard InChI is InChI=1S/C18H26N4O6/c19-9-3-7-17(21,15(25)26)13(23)11-5-1-2-6-12(11)14(24)18(22,16(27)28)8-4-10-20/h1-2,5-6H,3-4,7-10,19-22H2,(H,25,26)(H,27,28). The molecule has 0 saturated carbocycles. The largest absolute Gasteiger partial charge is 0.480 e. The number of carboxylic acids is 2. The van der Waals surface area contributed by atoms with Crippen molar-refractivity contribution in [1.82, 2.24) is 0 Å². The number of carbonyl (C=O) groups excluding carboxylic acids is 2. The van der Waals surface area contributed by atoms with E-state index in [1.165, 1.54) is 24.3 Å². The van der Waals surface area contributed by atoms with E-state index in [1.807, 2.05) is 0 Å². The highest BCUT2D eigenvalue weighted by Crippen LogP contribution is 2.25. The van der Waals surface area contributed by atoms with Crippen molar-refractivity contribution in [3.05, 3.63) is 35.4 Å². The van der Waals surface area contributed by atoms with Crippen molar-refractivity contribution in [2.24, 2.45) is 22.9 Å². The van der Waals surface area contributed by atoms with E-state index in [1.54, 1.807) is 0 Å². The third-order valence-corrected chi connectivity index (χ3v) is 4.54. The SMILES string of the molecule is NCCCC(N)(C(=O)O)C(=O)c1ccccc1C(=O)C(N)(CCCN)C(=O)O. The lowest BCUT2D eigenvalue weighted by Gasteiger charge is -2.27. The summed E-state index contributed by atoms with van der Waals surface area (Å²) in [5, 5.41) is 19.0. The number of hydrogen-bond donors (Lipinski definition) is 6. The number of benzene rings is 1. The van der Waals surface area contributed by atoms with E-state index in [-0.39, 0.29) is 49.9 Å². The van der Waals surface area contributed by atoms with Crippen molar-refractivity contribution >= 4 is 23.5 Å². The average molecular weight is 394 g/mol. The predicted molar refractivity (Wildman–Crippen MR) is 101 cm³/mol. The van der Waals surface area contributed by atoms with Gasteiger partial charge in [-0.05, 0) is 38.8 Å². The molecule has 1 aromatic rings. The van der Waals surface area contributed by atoms with Gasteiger partial charge in [0, 0.05) is 11.1 Å². The zero-order valence-electron chi connectivity index (χ0n) is 15.4. The first kappa shape index (κ1) is 23.4. The van der Waals surface area contributed by atoms with Crippen LogP contribution < -0.4 is 22.9 Å². The molecule has 0 aliphatic rings. The van der Waals surface area contributed by atoms with Crippen LogP contribution in [0.15, 0.2) is 24.3 Å². The van der Waals surface area contributed by atoms with Crippen molar-refractivity contribution in [1.29, 1.82) is 0 Å². The summed E-state index contributed by atoms with van der Waals surface area (Å²) in [6, 6.07) is 5.25. The Bertz CT molecular complexity index is 705. The Morgan fingerprint density at radius 1 is 0.750 bits per heavy atom. The molecule has 0 aliphatic carbocycles. The van der Waals surface area contributed by atoms with Gasteiger partial charge in [0.1, 0.15) is 0 Å². The van der Waals surface area contributed by atoms with E-state index >= 15 is 0 Å². The second kappa shape index (κ2) is 9.51. The van der Waals surface area contributed by atoms with Crippen molar-refractivity contribution in [3.8, 4) is 0 Å². The number of nitrogens with two attached hydrogens (primary N) is 4. The van der Waals surface area contributed by atoms with Crippen LogP contribution in [0.4, 0.5) is 0 Å². The molecule has 0 radical (unpaired) electrons. The summed E-state index contributed by atoms with van der Waals surface area (Å²) in [4.78, 5) is 49.2. The second-order valence-electron chi connectivity index (χ2n) is 6.54. The van der Waals surface area contributed by atoms with Gasteiger partial charge in [-0.25, -0.2) is 9.59 Å². The average Bonchev–Trinajstić information content (AvgIpc) is 2.68. The summed E-state index contributed by atoms with van der Waals surface area (Å²) in [7, 11) is 0. The molecule has 10 nitrogen and oxygen atoms in total. The van der Waals surface area contributed by atoms with Crippen LogP contribution in [-0.2, 0) is 9.59 Å². The maximum absolute atomic E-state index is 12.9. The summed E-state index contributed by atoms with van der Waals surface area (Å²) in [5.41, 5.74) is 17.2. The van der Waals surface area contributed by atoms with Crippen molar-refractivity contribution in [2.45, 2.75) is 36.8 Å². The number of aliphatic carboxylic acids is 2. The van der Waals surface area contributed by atoms with Gasteiger partial charge in [-0.2, -0.15) is 0 Å². The van der Waals surface area contributed by atoms with Crippen LogP contribution in [0, 0.1) is 0 Å². The predicted octanol–water partition coefficient (Wildman–Crippen LogP) is -0.906. The van der Waals surface area contributed by atoms with E-state index in [4.69, 9.17) is 22.9 Å². The molecule has 0 aliphatic heterocycles. The Labute approximate surface area is 161 Å². The molecule has 0 fully saturated rings. The monoisotopic (exact) mass is 394 g/mol. The highest BCUT2D eigenvalue weighted by molar-refractivity contribution is 6.24. The summed E-state index contributed by atoms with van der Waals surface area (Å²) >= 11 is 0. The molecule has 28 heavy (non-hydrogen) atoms. The van der Waals surface area contributed by atoms with E-state index < -0.39 is 34.6 Å². The minimum Gasteiger partial charge on any atom is -0.480 e. The van der Waals surface area contributed by atoms with Gasteiger partial charge in [0.2, 0.25) is 0 Å². The van der Waals surface area contributed by atoms with Gasteiger partial charge < -0.3 is 33.1 Å². The molecule has 154 valence electrons. The van der Waals surface area contributed by atoms with Crippen LogP contribution in [0.25, 0.3) is 0 Å². The molecule has 2 atom stereocenters. The van der Waals surface area contributed by atoms with Crippen LogP contribution in [0.3, 0.4) is 0 Å². The lowest BCUT2D eigenvalue weighted by Crippen LogP contribution is -2.57. The molecule has 10 N–H and O–H groups in total. The molecule has 0 bridgehead atoms. The molecule has 0 spiro atoms. The van der Waals surface area contributed by atoms with Gasteiger partial charge in [0.25, 0.3) is 0 Å². The first-order valence-corrected chi connectivity index (χ1v) is 8.69. The van der Waals surface area contributed by atoms with Gasteiger partial charge in [-0.15, -0.1) is 0 Å². The van der Waals surface area contributed by atoms with Crippen LogP contribution in [0.5, 0.6) is 0 Å². The zero-order chi connectivity index (χ0) is 21.5. The molecule has 2 unspecified atom stereocenters. The number of carbonyl (C=O) groups is 4. The lowest BCUT2D eigenvalue weighted by molar-refractivity contribution is -0.142. The first-order valence-electron chi connectivity index (χ1n) is 8.69. The Morgan fingerprint density at radius 3 is 1.32 bits per heavy atom. The maximum atomic E-state index is 12.9. The van der Waals surface area contributed by atoms with Crippen molar-refractivity contribution < 1.29 is 29.4 Å². The first-order chi connectivity index (χ1) is 13.1. The summed E-state index contributed by atoms with van der Waals surface area (Å²) in [6.07, 6.45) is -0.172. The van der Waals surface area contributed by atoms with E-state index in [9.17, 15) is 29.4 Å². The minimum absolute atomic E-state index is 0.115. The summed E-state index contributed by atoms with van der Waals surface area (Å²) in [5.74, 6) is -5.20. The third kappa shape index (κ3) is 4.60. The topological polar surface area (TPSA) is 213 Å². The molecule has 0 amide bonds. The molecular weight excluding hydrogens is 368 g/mol. The van der Waals surface area contributed by atoms with Gasteiger partial charge in [-0.3, -0.25) is 9.59 Å². The number of rotatable bonds is 12. The number of carboxylic acid groups (broad SMARTS) is 2. The summed E-state index contributed by atoms with van der Waals surface area (Å²) in [6.45, 7) is 0.230. The zero-order valence-corrected chi connectivity index (χ0v) is 15.4. The number of Topliss-reactive ketones (excluding diaryl/α,β-unsaturated/α-hetero) is 2. The molecule has 0 heterocycles. The van der Waals surface area contributed by atoms with E-state index in [0.29, 0.717) is 0 Å². The van der Waals surface area contributed by atoms with Crippen LogP contribution >= 0.6 is 0 Å². The van der Waals surface area contributed by atoms with Crippen LogP contribution in [0.2, 0.25) is 0 Å². The quantitative estimate of drug-likeness (QED) is 0.190. The van der Waals surface area contributed by atoms with Crippen molar-refractivity contribution in [2.75, 3.05) is 13.1 Å². The Kier molecular flexibility index (Phi) is 7.94. The number of hydrogen-bond acceptors (Lipinski definition) is 8. The Morgan fingerprint density at radius 2 is 1.07 bits per heavy atom. The second-order valence-corrected chi connectivity index (χ2v) is 6.54. The highest BCUT2D eigenvalue weighted by Gasteiger charge is 2.46. The van der Waals surface area contributed by atoms with E-state index in [2.05, 4.69) is 0 Å². The third-order valence-electron chi connectivity index (χ3n) is 4.54. The molecular formula is C18H26N4O6. The normalized spacial score (nSPS) is 15.3. The highest BCUT2D eigenvalue weighted by atomic mass is 16.4. The van der Waals surface area contributed by atoms with Crippen molar-refractivity contribution in [3.63, 3.8) is 0 Å². The molecule has 0 aromatic heterocycles. The molecule has 10 heteroatoms.